The Morgan fingerprint density at radius 1 is 0.340 bits per heavy atom. The summed E-state index contributed by atoms with van der Waals surface area (Å²) < 4.78 is 34.1. The number of amides is 5. The van der Waals surface area contributed by atoms with E-state index in [9.17, 15) is 14.4 Å². The minimum Gasteiger partial charge on any atom is -0.490 e. The van der Waals surface area contributed by atoms with Gasteiger partial charge in [0.2, 0.25) is 5.75 Å². The van der Waals surface area contributed by atoms with Crippen LogP contribution in [-0.2, 0) is 10.8 Å². The lowest BCUT2D eigenvalue weighted by atomic mass is 9.81. The molecule has 0 aliphatic carbocycles. The maximum Gasteiger partial charge on any atom is 0.261 e. The van der Waals surface area contributed by atoms with Crippen LogP contribution in [0.3, 0.4) is 0 Å². The van der Waals surface area contributed by atoms with Gasteiger partial charge < -0.3 is 29.0 Å². The van der Waals surface area contributed by atoms with Gasteiger partial charge in [-0.3, -0.25) is 33.8 Å². The molecule has 0 aromatic heterocycles. The van der Waals surface area contributed by atoms with E-state index in [0.717, 1.165) is 75.3 Å². The second kappa shape index (κ2) is 39.1. The Balaban J connectivity index is 0.969. The number of carbonyl (C=O) groups is 5. The number of hydrogen-bond acceptors (Lipinski definition) is 10. The highest BCUT2D eigenvalue weighted by Gasteiger charge is 2.39. The van der Waals surface area contributed by atoms with Gasteiger partial charge in [0.15, 0.2) is 11.5 Å². The van der Waals surface area contributed by atoms with Gasteiger partial charge in [0, 0.05) is 68.6 Å². The summed E-state index contributed by atoms with van der Waals surface area (Å²) in [5.74, 6) is 1.03. The highest BCUT2D eigenvalue weighted by molar-refractivity contribution is 6.43. The predicted molar refractivity (Wildman–Crippen MR) is 435 cm³/mol. The van der Waals surface area contributed by atoms with Gasteiger partial charge in [0.25, 0.3) is 29.5 Å². The van der Waals surface area contributed by atoms with E-state index in [2.05, 4.69) is 67.6 Å². The van der Waals surface area contributed by atoms with Crippen molar-refractivity contribution in [2.75, 3.05) is 39.5 Å². The lowest BCUT2D eigenvalue weighted by Gasteiger charge is -2.31. The third kappa shape index (κ3) is 20.1. The Morgan fingerprint density at radius 3 is 1.03 bits per heavy atom. The first-order valence-corrected chi connectivity index (χ1v) is 41.3. The van der Waals surface area contributed by atoms with Crippen molar-refractivity contribution in [3.05, 3.63) is 136 Å². The molecule has 13 heteroatoms. The normalized spacial score (nSPS) is 13.2. The lowest BCUT2D eigenvalue weighted by molar-refractivity contribution is 0.0594. The molecule has 8 aromatic rings. The van der Waals surface area contributed by atoms with Gasteiger partial charge in [-0.05, 0) is 119 Å². The van der Waals surface area contributed by atoms with Crippen LogP contribution in [-0.4, -0.2) is 78.8 Å². The molecule has 0 fully saturated rings. The number of benzene rings is 8. The van der Waals surface area contributed by atoms with Crippen LogP contribution in [0.2, 0.25) is 0 Å². The molecular weight excluding hydrogens is 1320 g/mol. The number of imide groups is 2. The summed E-state index contributed by atoms with van der Waals surface area (Å²) in [5, 5.41) is 7.80. The molecule has 1 N–H and O–H groups in total. The fourth-order valence-electron chi connectivity index (χ4n) is 15.4. The van der Waals surface area contributed by atoms with E-state index in [4.69, 9.17) is 23.7 Å². The summed E-state index contributed by atoms with van der Waals surface area (Å²) in [6.07, 6.45) is 37.5. The van der Waals surface area contributed by atoms with Crippen LogP contribution in [0.4, 0.5) is 0 Å². The zero-order valence-electron chi connectivity index (χ0n) is 66.1. The predicted octanol–water partition coefficient (Wildman–Crippen LogP) is 25.2. The standard InChI is InChI=1S/C93H123N3O10/c1-11-15-19-22-25-28-31-34-37-40-58-102-78-61-65(62-79(103-59-41-38-35-32-29-26-23-20-16-12-2)86(78)104-60-42-39-36-33-30-27-24-21-17-13-3)87(97)94-55-57-96-89(99)73-54-52-71-82-76(105-68-47-43-66(44-48-68)92(5,6)7)63-74-80-72(88(98)95(90(74)100)56-18-14-4)53-51-70(84(80)82)83-77(64-75(91(96)101)81(73)85(71)83)106-69-49-45-67(46-50-69)93(8,9)10/h43-54,61-64H,11-42,55-60H2,1-10H3,(H,94,97). The van der Waals surface area contributed by atoms with E-state index < -0.39 is 23.6 Å². The van der Waals surface area contributed by atoms with Gasteiger partial charge >= 0.3 is 0 Å². The molecule has 0 unspecified atom stereocenters. The molecule has 8 aromatic carbocycles. The van der Waals surface area contributed by atoms with Crippen LogP contribution < -0.4 is 29.0 Å². The molecule has 2 aliphatic rings. The second-order valence-electron chi connectivity index (χ2n) is 32.2. The quantitative estimate of drug-likeness (QED) is 0.0169. The molecule has 0 bridgehead atoms. The van der Waals surface area contributed by atoms with E-state index in [-0.39, 0.29) is 41.9 Å². The maximum atomic E-state index is 15.6. The van der Waals surface area contributed by atoms with Crippen molar-refractivity contribution in [1.29, 1.82) is 0 Å². The molecule has 0 saturated carbocycles. The average Bonchev–Trinajstić information content (AvgIpc) is 0.681. The van der Waals surface area contributed by atoms with Crippen LogP contribution >= 0.6 is 0 Å². The summed E-state index contributed by atoms with van der Waals surface area (Å²) in [4.78, 5) is 78.0. The number of hydrogen-bond donors (Lipinski definition) is 1. The number of nitrogens with zero attached hydrogens (tertiary/aromatic N) is 2. The number of rotatable bonds is 47. The van der Waals surface area contributed by atoms with Crippen molar-refractivity contribution in [1.82, 2.24) is 15.1 Å². The monoisotopic (exact) mass is 1440 g/mol. The van der Waals surface area contributed by atoms with Gasteiger partial charge in [-0.1, -0.05) is 285 Å². The van der Waals surface area contributed by atoms with Gasteiger partial charge in [0.05, 0.1) is 30.9 Å². The number of ether oxygens (including phenoxy) is 5. The number of unbranched alkanes of at least 4 members (excludes halogenated alkanes) is 28. The Bertz CT molecular complexity index is 4190. The Morgan fingerprint density at radius 2 is 0.670 bits per heavy atom. The summed E-state index contributed by atoms with van der Waals surface area (Å²) in [7, 11) is 0. The SMILES string of the molecule is CCCCCCCCCCCCOc1cc(C(=O)NCCN2C(=O)c3ccc4c5c(Oc6ccc(C(C)(C)C)cc6)cc6c7c(ccc(c8c(Oc9ccc(C(C)(C)C)cc9)cc(c3c48)C2=O)c75)C(=O)N(CCCC)C6=O)cc(OCCCCCCCCCCCC)c1OCCCCCCCCCCCC. The van der Waals surface area contributed by atoms with Crippen LogP contribution in [0.25, 0.3) is 43.1 Å². The fourth-order valence-corrected chi connectivity index (χ4v) is 15.4. The van der Waals surface area contributed by atoms with E-state index >= 15 is 9.59 Å². The number of nitrogens with one attached hydrogen (secondary N) is 1. The molecule has 10 rings (SSSR count). The zero-order valence-corrected chi connectivity index (χ0v) is 66.1. The molecular formula is C93H123N3O10. The topological polar surface area (TPSA) is 150 Å². The molecule has 0 atom stereocenters. The Kier molecular flexibility index (Phi) is 29.6. The van der Waals surface area contributed by atoms with Crippen molar-refractivity contribution in [3.63, 3.8) is 0 Å². The first-order valence-electron chi connectivity index (χ1n) is 41.3. The summed E-state index contributed by atoms with van der Waals surface area (Å²) in [5.41, 5.74) is 3.58. The number of carbonyl (C=O) groups excluding carboxylic acids is 5. The van der Waals surface area contributed by atoms with E-state index in [1.807, 2.05) is 67.6 Å². The highest BCUT2D eigenvalue weighted by Crippen LogP contribution is 2.53. The van der Waals surface area contributed by atoms with Crippen LogP contribution in [0, 0.1) is 0 Å². The molecule has 2 heterocycles. The molecule has 5 amide bonds. The Hall–Kier alpha value is -8.19. The largest absolute Gasteiger partial charge is 0.490 e. The average molecular weight is 1440 g/mol. The van der Waals surface area contributed by atoms with E-state index in [1.54, 1.807) is 36.4 Å². The highest BCUT2D eigenvalue weighted by atomic mass is 16.5. The summed E-state index contributed by atoms with van der Waals surface area (Å²) >= 11 is 0. The molecule has 106 heavy (non-hydrogen) atoms. The lowest BCUT2D eigenvalue weighted by Crippen LogP contribution is -2.44. The van der Waals surface area contributed by atoms with Crippen molar-refractivity contribution >= 4 is 72.6 Å². The van der Waals surface area contributed by atoms with Crippen LogP contribution in [0.5, 0.6) is 40.2 Å². The molecule has 2 aliphatic heterocycles. The first kappa shape index (κ1) is 80.4. The molecule has 0 spiro atoms. The summed E-state index contributed by atoms with van der Waals surface area (Å²) in [6, 6.07) is 30.3. The van der Waals surface area contributed by atoms with Crippen molar-refractivity contribution in [3.8, 4) is 40.2 Å². The van der Waals surface area contributed by atoms with Gasteiger partial charge in [-0.15, -0.1) is 0 Å². The zero-order chi connectivity index (χ0) is 75.2. The number of fused-ring (bicyclic) bond motifs is 2. The van der Waals surface area contributed by atoms with Gasteiger partial charge in [-0.25, -0.2) is 0 Å². The molecule has 0 radical (unpaired) electrons. The Labute approximate surface area is 633 Å². The molecule has 570 valence electrons. The minimum absolute atomic E-state index is 0.0558. The fraction of sp³-hybridized carbons (Fsp3) is 0.538. The second-order valence-corrected chi connectivity index (χ2v) is 32.2. The first-order chi connectivity index (χ1) is 51.4. The minimum atomic E-state index is -0.549. The van der Waals surface area contributed by atoms with Crippen molar-refractivity contribution in [2.24, 2.45) is 0 Å². The smallest absolute Gasteiger partial charge is 0.261 e. The maximum absolute atomic E-state index is 15.6. The van der Waals surface area contributed by atoms with Crippen LogP contribution in [0.15, 0.2) is 97.1 Å². The summed E-state index contributed by atoms with van der Waals surface area (Å²) in [6.45, 7) is 23.2. The third-order valence-corrected chi connectivity index (χ3v) is 21.7. The molecule has 13 nitrogen and oxygen atoms in total. The van der Waals surface area contributed by atoms with Gasteiger partial charge in [-0.2, -0.15) is 0 Å². The third-order valence-electron chi connectivity index (χ3n) is 21.7. The van der Waals surface area contributed by atoms with Crippen molar-refractivity contribution in [2.45, 2.75) is 286 Å². The van der Waals surface area contributed by atoms with Crippen LogP contribution in [0.1, 0.15) is 338 Å². The molecule has 0 saturated heterocycles. The van der Waals surface area contributed by atoms with Gasteiger partial charge in [0.1, 0.15) is 23.0 Å². The van der Waals surface area contributed by atoms with Crippen molar-refractivity contribution < 1.29 is 47.7 Å². The van der Waals surface area contributed by atoms with E-state index in [1.165, 1.54) is 145 Å². The van der Waals surface area contributed by atoms with E-state index in [0.29, 0.717) is 132 Å².